The minimum absolute atomic E-state index is 0.0606. The van der Waals surface area contributed by atoms with Crippen molar-refractivity contribution in [2.24, 2.45) is 0 Å². The third-order valence-corrected chi connectivity index (χ3v) is 8.66. The van der Waals surface area contributed by atoms with Crippen LogP contribution in [0.5, 0.6) is 0 Å². The third-order valence-electron chi connectivity index (χ3n) is 5.44. The molecule has 0 atom stereocenters. The van der Waals surface area contributed by atoms with E-state index in [0.717, 1.165) is 15.8 Å². The Morgan fingerprint density at radius 2 is 1.75 bits per heavy atom. The predicted molar refractivity (Wildman–Crippen MR) is 119 cm³/mol. The zero-order chi connectivity index (χ0) is 22.3. The maximum atomic E-state index is 13.7. The lowest BCUT2D eigenvalue weighted by Gasteiger charge is -2.33. The summed E-state index contributed by atoms with van der Waals surface area (Å²) in [5.74, 6) is -0.0652. The lowest BCUT2D eigenvalue weighted by atomic mass is 10.2. The van der Waals surface area contributed by atoms with Crippen LogP contribution >= 0.6 is 11.8 Å². The second kappa shape index (κ2) is 8.15. The van der Waals surface area contributed by atoms with Gasteiger partial charge in [-0.15, -0.1) is 0 Å². The number of pyridine rings is 1. The minimum Gasteiger partial charge on any atom is -0.340 e. The van der Waals surface area contributed by atoms with Crippen molar-refractivity contribution >= 4 is 49.6 Å². The lowest BCUT2D eigenvalue weighted by molar-refractivity contribution is -0.129. The molecule has 32 heavy (non-hydrogen) atoms. The van der Waals surface area contributed by atoms with Crippen molar-refractivity contribution in [3.63, 3.8) is 0 Å². The summed E-state index contributed by atoms with van der Waals surface area (Å²) in [6.07, 6.45) is 1.71. The van der Waals surface area contributed by atoms with E-state index in [2.05, 4.69) is 15.3 Å². The van der Waals surface area contributed by atoms with Gasteiger partial charge in [-0.25, -0.2) is 13.0 Å². The number of nitrogens with zero attached hydrogens (tertiary/aromatic N) is 5. The summed E-state index contributed by atoms with van der Waals surface area (Å²) in [4.78, 5) is 19.2. The maximum Gasteiger partial charge on any atom is 0.246 e. The first-order chi connectivity index (χ1) is 15.4. The van der Waals surface area contributed by atoms with Gasteiger partial charge in [-0.2, -0.15) is 4.31 Å². The second-order valence-corrected chi connectivity index (χ2v) is 10.3. The fraction of sp³-hybridized carbons (Fsp3) is 0.238. The molecule has 0 bridgehead atoms. The van der Waals surface area contributed by atoms with Gasteiger partial charge in [0.05, 0.1) is 5.52 Å². The summed E-state index contributed by atoms with van der Waals surface area (Å²) >= 11 is 1.32. The van der Waals surface area contributed by atoms with Crippen LogP contribution in [0.3, 0.4) is 0 Å². The fourth-order valence-electron chi connectivity index (χ4n) is 3.79. The molecule has 2 aromatic carbocycles. The van der Waals surface area contributed by atoms with Crippen molar-refractivity contribution in [1.29, 1.82) is 0 Å². The van der Waals surface area contributed by atoms with E-state index < -0.39 is 10.0 Å². The first-order valence-corrected chi connectivity index (χ1v) is 12.2. The van der Waals surface area contributed by atoms with E-state index in [1.54, 1.807) is 23.2 Å². The fourth-order valence-corrected chi connectivity index (χ4v) is 6.82. The lowest BCUT2D eigenvalue weighted by Crippen LogP contribution is -2.50. The molecule has 11 heteroatoms. The van der Waals surface area contributed by atoms with E-state index in [1.165, 1.54) is 23.0 Å². The Balaban J connectivity index is 1.59. The molecule has 1 aliphatic heterocycles. The number of hydrogen-bond acceptors (Lipinski definition) is 8. The molecule has 0 N–H and O–H groups in total. The average molecular weight is 470 g/mol. The van der Waals surface area contributed by atoms with Crippen LogP contribution in [0.2, 0.25) is 0 Å². The Hall–Kier alpha value is -3.02. The highest BCUT2D eigenvalue weighted by molar-refractivity contribution is 8.00. The molecule has 9 nitrogen and oxygen atoms in total. The molecule has 0 aliphatic carbocycles. The van der Waals surface area contributed by atoms with Crippen molar-refractivity contribution in [3.05, 3.63) is 48.7 Å². The van der Waals surface area contributed by atoms with Gasteiger partial charge in [0.25, 0.3) is 0 Å². The molecule has 3 heterocycles. The van der Waals surface area contributed by atoms with Gasteiger partial charge in [0, 0.05) is 54.5 Å². The van der Waals surface area contributed by atoms with Crippen LogP contribution in [0.1, 0.15) is 6.92 Å². The van der Waals surface area contributed by atoms with E-state index in [0.29, 0.717) is 23.5 Å². The Bertz CT molecular complexity index is 1420. The van der Waals surface area contributed by atoms with Gasteiger partial charge in [-0.05, 0) is 34.6 Å². The second-order valence-electron chi connectivity index (χ2n) is 7.37. The number of carbonyl (C=O) groups excluding carboxylic acids is 1. The quantitative estimate of drug-likeness (QED) is 0.449. The standard InChI is InChI=1S/C21H19N5O4S2/c1-14(27)25-10-12-26(13-11-25)32(28,29)21-18(8-7-16-20(21)24-30-23-16)31-17-6-2-4-15-5-3-9-22-19(15)17/h2-9H,10-13H2,1H3. The first-order valence-electron chi connectivity index (χ1n) is 9.98. The van der Waals surface area contributed by atoms with Crippen LogP contribution in [0.25, 0.3) is 21.9 Å². The summed E-state index contributed by atoms with van der Waals surface area (Å²) in [6, 6.07) is 13.0. The van der Waals surface area contributed by atoms with Crippen LogP contribution < -0.4 is 0 Å². The molecule has 1 fully saturated rings. The molecule has 0 spiro atoms. The van der Waals surface area contributed by atoms with Gasteiger partial charge in [-0.3, -0.25) is 9.78 Å². The Kier molecular flexibility index (Phi) is 5.31. The van der Waals surface area contributed by atoms with E-state index in [-0.39, 0.29) is 29.4 Å². The first kappa shape index (κ1) is 20.9. The minimum atomic E-state index is -3.92. The van der Waals surface area contributed by atoms with Crippen LogP contribution in [0, 0.1) is 0 Å². The number of fused-ring (bicyclic) bond motifs is 2. The molecule has 5 rings (SSSR count). The van der Waals surface area contributed by atoms with Crippen molar-refractivity contribution in [3.8, 4) is 0 Å². The molecule has 1 saturated heterocycles. The number of piperazine rings is 1. The molecule has 0 unspecified atom stereocenters. The van der Waals surface area contributed by atoms with Gasteiger partial charge in [0.15, 0.2) is 5.52 Å². The van der Waals surface area contributed by atoms with Crippen molar-refractivity contribution in [2.45, 2.75) is 21.6 Å². The van der Waals surface area contributed by atoms with Crippen LogP contribution in [0.15, 0.2) is 68.0 Å². The Labute approximate surface area is 188 Å². The number of benzene rings is 2. The Morgan fingerprint density at radius 1 is 0.969 bits per heavy atom. The number of carbonyl (C=O) groups is 1. The topological polar surface area (TPSA) is 110 Å². The summed E-state index contributed by atoms with van der Waals surface area (Å²) in [5, 5.41) is 8.69. The number of amides is 1. The van der Waals surface area contributed by atoms with Crippen molar-refractivity contribution in [2.75, 3.05) is 26.2 Å². The van der Waals surface area contributed by atoms with Gasteiger partial charge in [0.1, 0.15) is 10.4 Å². The van der Waals surface area contributed by atoms with Crippen LogP contribution in [-0.4, -0.2) is 65.0 Å². The third kappa shape index (κ3) is 3.61. The van der Waals surface area contributed by atoms with Gasteiger partial charge in [0.2, 0.25) is 15.9 Å². The maximum absolute atomic E-state index is 13.7. The molecule has 4 aromatic rings. The number of sulfonamides is 1. The molecule has 0 radical (unpaired) electrons. The highest BCUT2D eigenvalue weighted by Crippen LogP contribution is 2.39. The predicted octanol–water partition coefficient (Wildman–Crippen LogP) is 2.78. The molecule has 164 valence electrons. The molecular weight excluding hydrogens is 450 g/mol. The average Bonchev–Trinajstić information content (AvgIpc) is 3.28. The van der Waals surface area contributed by atoms with Crippen molar-refractivity contribution in [1.82, 2.24) is 24.5 Å². The zero-order valence-corrected chi connectivity index (χ0v) is 18.8. The number of aromatic nitrogens is 3. The van der Waals surface area contributed by atoms with E-state index in [4.69, 9.17) is 4.63 Å². The van der Waals surface area contributed by atoms with Gasteiger partial charge < -0.3 is 4.90 Å². The Morgan fingerprint density at radius 3 is 2.53 bits per heavy atom. The van der Waals surface area contributed by atoms with E-state index >= 15 is 0 Å². The highest BCUT2D eigenvalue weighted by atomic mass is 32.2. The smallest absolute Gasteiger partial charge is 0.246 e. The molecule has 2 aromatic heterocycles. The molecule has 1 aliphatic rings. The largest absolute Gasteiger partial charge is 0.340 e. The summed E-state index contributed by atoms with van der Waals surface area (Å²) in [6.45, 7) is 2.60. The molecule has 1 amide bonds. The van der Waals surface area contributed by atoms with Gasteiger partial charge in [-0.1, -0.05) is 30.0 Å². The number of hydrogen-bond donors (Lipinski definition) is 0. The normalized spacial score (nSPS) is 15.5. The van der Waals surface area contributed by atoms with E-state index in [1.807, 2.05) is 30.3 Å². The van der Waals surface area contributed by atoms with Gasteiger partial charge >= 0.3 is 0 Å². The van der Waals surface area contributed by atoms with Crippen LogP contribution in [0.4, 0.5) is 0 Å². The monoisotopic (exact) mass is 469 g/mol. The highest BCUT2D eigenvalue weighted by Gasteiger charge is 2.34. The molecular formula is C21H19N5O4S2. The SMILES string of the molecule is CC(=O)N1CCN(S(=O)(=O)c2c(Sc3cccc4cccnc34)ccc3nonc23)CC1. The summed E-state index contributed by atoms with van der Waals surface area (Å²) in [7, 11) is -3.92. The molecule has 0 saturated carbocycles. The number of para-hydroxylation sites is 1. The number of rotatable bonds is 4. The summed E-state index contributed by atoms with van der Waals surface area (Å²) < 4.78 is 33.7. The summed E-state index contributed by atoms with van der Waals surface area (Å²) in [5.41, 5.74) is 1.35. The zero-order valence-electron chi connectivity index (χ0n) is 17.1. The van der Waals surface area contributed by atoms with Crippen molar-refractivity contribution < 1.29 is 17.8 Å². The van der Waals surface area contributed by atoms with Crippen LogP contribution in [-0.2, 0) is 14.8 Å². The van der Waals surface area contributed by atoms with E-state index in [9.17, 15) is 13.2 Å².